The molecule has 0 saturated carbocycles. The third kappa shape index (κ3) is 3.23. The summed E-state index contributed by atoms with van der Waals surface area (Å²) in [6, 6.07) is 4.20. The van der Waals surface area contributed by atoms with E-state index in [0.29, 0.717) is 0 Å². The first kappa shape index (κ1) is 12.0. The maximum absolute atomic E-state index is 11.7. The zero-order valence-electron chi connectivity index (χ0n) is 9.49. The molecule has 84 valence electrons. The zero-order valence-corrected chi connectivity index (χ0v) is 10.3. The highest BCUT2D eigenvalue weighted by atomic mass is 32.1. The van der Waals surface area contributed by atoms with Crippen LogP contribution in [0.15, 0.2) is 17.5 Å². The fourth-order valence-corrected chi connectivity index (χ4v) is 2.08. The number of hydrogen-bond acceptors (Lipinski definition) is 2. The van der Waals surface area contributed by atoms with Crippen LogP contribution in [0.1, 0.15) is 31.2 Å². The van der Waals surface area contributed by atoms with Crippen molar-refractivity contribution in [3.05, 3.63) is 22.4 Å². The van der Waals surface area contributed by atoms with Crippen molar-refractivity contribution >= 4 is 17.4 Å². The molecule has 1 rings (SSSR count). The monoisotopic (exact) mass is 226 g/mol. The molecule has 0 saturated heterocycles. The van der Waals surface area contributed by atoms with E-state index in [4.69, 9.17) is 0 Å². The fourth-order valence-electron chi connectivity index (χ4n) is 1.25. The van der Waals surface area contributed by atoms with Gasteiger partial charge in [-0.15, -0.1) is 11.3 Å². The van der Waals surface area contributed by atoms with Gasteiger partial charge in [-0.05, 0) is 24.8 Å². The normalized spacial score (nSPS) is 12.2. The summed E-state index contributed by atoms with van der Waals surface area (Å²) in [5.41, 5.74) is 0. The van der Waals surface area contributed by atoms with Crippen LogP contribution in [-0.2, 0) is 0 Å². The topological polar surface area (TPSA) is 32.3 Å². The second kappa shape index (κ2) is 5.75. The van der Waals surface area contributed by atoms with Gasteiger partial charge in [-0.25, -0.2) is 4.79 Å². The first-order chi connectivity index (χ1) is 7.16. The molecule has 0 spiro atoms. The Kier molecular flexibility index (Phi) is 4.62. The second-order valence-electron chi connectivity index (χ2n) is 3.53. The second-order valence-corrected chi connectivity index (χ2v) is 4.51. The zero-order chi connectivity index (χ0) is 11.3. The lowest BCUT2D eigenvalue weighted by atomic mass is 10.2. The summed E-state index contributed by atoms with van der Waals surface area (Å²) < 4.78 is 0. The van der Waals surface area contributed by atoms with Gasteiger partial charge in [0.05, 0.1) is 6.04 Å². The molecular formula is C11H18N2OS. The quantitative estimate of drug-likeness (QED) is 0.841. The van der Waals surface area contributed by atoms with Gasteiger partial charge in [0.2, 0.25) is 0 Å². The summed E-state index contributed by atoms with van der Waals surface area (Å²) in [6.45, 7) is 4.82. The van der Waals surface area contributed by atoms with Gasteiger partial charge < -0.3 is 10.2 Å². The van der Waals surface area contributed by atoms with Crippen LogP contribution in [-0.4, -0.2) is 24.5 Å². The first-order valence-corrected chi connectivity index (χ1v) is 6.08. The molecule has 0 aliphatic rings. The smallest absolute Gasteiger partial charge is 0.317 e. The molecule has 0 aromatic carbocycles. The molecule has 3 nitrogen and oxygen atoms in total. The van der Waals surface area contributed by atoms with Gasteiger partial charge in [-0.2, -0.15) is 0 Å². The minimum Gasteiger partial charge on any atom is -0.338 e. The number of carbonyl (C=O) groups is 1. The Bertz CT molecular complexity index is 298. The highest BCUT2D eigenvalue weighted by molar-refractivity contribution is 7.10. The average molecular weight is 226 g/mol. The molecule has 1 aromatic rings. The van der Waals surface area contributed by atoms with E-state index in [2.05, 4.69) is 11.4 Å². The highest BCUT2D eigenvalue weighted by Crippen LogP contribution is 2.23. The SMILES string of the molecule is CCCNC(=O)N(C)C(C)c1cccs1. The summed E-state index contributed by atoms with van der Waals surface area (Å²) in [4.78, 5) is 14.6. The Labute approximate surface area is 95.1 Å². The van der Waals surface area contributed by atoms with E-state index in [1.807, 2.05) is 32.3 Å². The largest absolute Gasteiger partial charge is 0.338 e. The van der Waals surface area contributed by atoms with Crippen LogP contribution in [0.3, 0.4) is 0 Å². The van der Waals surface area contributed by atoms with E-state index in [9.17, 15) is 4.79 Å². The molecule has 0 fully saturated rings. The Morgan fingerprint density at radius 3 is 2.93 bits per heavy atom. The van der Waals surface area contributed by atoms with Crippen LogP contribution in [0.2, 0.25) is 0 Å². The van der Waals surface area contributed by atoms with Gasteiger partial charge in [0.25, 0.3) is 0 Å². The van der Waals surface area contributed by atoms with E-state index in [0.717, 1.165) is 13.0 Å². The highest BCUT2D eigenvalue weighted by Gasteiger charge is 2.17. The molecule has 1 unspecified atom stereocenters. The minimum atomic E-state index is -0.00208. The Morgan fingerprint density at radius 2 is 2.40 bits per heavy atom. The molecule has 1 N–H and O–H groups in total. The van der Waals surface area contributed by atoms with Crippen LogP contribution in [0, 0.1) is 0 Å². The van der Waals surface area contributed by atoms with Crippen molar-refractivity contribution < 1.29 is 4.79 Å². The lowest BCUT2D eigenvalue weighted by Gasteiger charge is -2.24. The van der Waals surface area contributed by atoms with Crippen molar-refractivity contribution in [1.82, 2.24) is 10.2 Å². The Hall–Kier alpha value is -1.03. The fraction of sp³-hybridized carbons (Fsp3) is 0.545. The number of nitrogens with zero attached hydrogens (tertiary/aromatic N) is 1. The summed E-state index contributed by atoms with van der Waals surface area (Å²) >= 11 is 1.68. The number of thiophene rings is 1. The Morgan fingerprint density at radius 1 is 1.67 bits per heavy atom. The van der Waals surface area contributed by atoms with Crippen molar-refractivity contribution in [3.8, 4) is 0 Å². The number of rotatable bonds is 4. The van der Waals surface area contributed by atoms with E-state index < -0.39 is 0 Å². The van der Waals surface area contributed by atoms with Gasteiger partial charge in [-0.3, -0.25) is 0 Å². The molecule has 0 aliphatic heterocycles. The molecule has 1 heterocycles. The van der Waals surface area contributed by atoms with Crippen molar-refractivity contribution in [2.45, 2.75) is 26.3 Å². The van der Waals surface area contributed by atoms with Crippen molar-refractivity contribution in [3.63, 3.8) is 0 Å². The predicted molar refractivity (Wildman–Crippen MR) is 64.2 cm³/mol. The number of hydrogen-bond donors (Lipinski definition) is 1. The molecule has 15 heavy (non-hydrogen) atoms. The lowest BCUT2D eigenvalue weighted by molar-refractivity contribution is 0.195. The third-order valence-corrected chi connectivity index (χ3v) is 3.43. The number of carbonyl (C=O) groups excluding carboxylic acids is 1. The van der Waals surface area contributed by atoms with Gasteiger partial charge in [0, 0.05) is 18.5 Å². The van der Waals surface area contributed by atoms with Crippen molar-refractivity contribution in [2.75, 3.05) is 13.6 Å². The van der Waals surface area contributed by atoms with Gasteiger partial charge in [0.15, 0.2) is 0 Å². The standard InChI is InChI=1S/C11H18N2OS/c1-4-7-12-11(14)13(3)9(2)10-6-5-8-15-10/h5-6,8-9H,4,7H2,1-3H3,(H,12,14). The van der Waals surface area contributed by atoms with Crippen LogP contribution < -0.4 is 5.32 Å². The molecule has 1 aromatic heterocycles. The van der Waals surface area contributed by atoms with Crippen LogP contribution in [0.4, 0.5) is 4.79 Å². The van der Waals surface area contributed by atoms with Gasteiger partial charge in [0.1, 0.15) is 0 Å². The van der Waals surface area contributed by atoms with E-state index in [1.165, 1.54) is 4.88 Å². The summed E-state index contributed by atoms with van der Waals surface area (Å²) in [5, 5.41) is 4.90. The maximum Gasteiger partial charge on any atom is 0.317 e. The minimum absolute atomic E-state index is 0.00208. The summed E-state index contributed by atoms with van der Waals surface area (Å²) in [7, 11) is 1.83. The van der Waals surface area contributed by atoms with Crippen LogP contribution >= 0.6 is 11.3 Å². The van der Waals surface area contributed by atoms with Crippen molar-refractivity contribution in [1.29, 1.82) is 0 Å². The third-order valence-electron chi connectivity index (χ3n) is 2.38. The number of amides is 2. The summed E-state index contributed by atoms with van der Waals surface area (Å²) in [5.74, 6) is 0. The lowest BCUT2D eigenvalue weighted by Crippen LogP contribution is -2.38. The first-order valence-electron chi connectivity index (χ1n) is 5.20. The summed E-state index contributed by atoms with van der Waals surface area (Å²) in [6.07, 6.45) is 0.965. The molecule has 0 bridgehead atoms. The van der Waals surface area contributed by atoms with E-state index >= 15 is 0 Å². The molecule has 0 aliphatic carbocycles. The molecule has 1 atom stereocenters. The van der Waals surface area contributed by atoms with E-state index in [1.54, 1.807) is 16.2 Å². The van der Waals surface area contributed by atoms with E-state index in [-0.39, 0.29) is 12.1 Å². The maximum atomic E-state index is 11.7. The van der Waals surface area contributed by atoms with Gasteiger partial charge >= 0.3 is 6.03 Å². The van der Waals surface area contributed by atoms with Crippen LogP contribution in [0.25, 0.3) is 0 Å². The molecule has 4 heteroatoms. The molecular weight excluding hydrogens is 208 g/mol. The number of nitrogens with one attached hydrogen (secondary N) is 1. The predicted octanol–water partition coefficient (Wildman–Crippen LogP) is 2.86. The number of urea groups is 1. The van der Waals surface area contributed by atoms with Crippen molar-refractivity contribution in [2.24, 2.45) is 0 Å². The Balaban J connectivity index is 2.52. The van der Waals surface area contributed by atoms with Crippen LogP contribution in [0.5, 0.6) is 0 Å². The molecule has 2 amide bonds. The van der Waals surface area contributed by atoms with Gasteiger partial charge in [-0.1, -0.05) is 13.0 Å². The molecule has 0 radical (unpaired) electrons. The average Bonchev–Trinajstić information content (AvgIpc) is 2.77.